The minimum atomic E-state index is -4.16. The van der Waals surface area contributed by atoms with E-state index in [1.54, 1.807) is 36.4 Å². The van der Waals surface area contributed by atoms with E-state index in [1.807, 2.05) is 30.3 Å². The molecule has 0 radical (unpaired) electrons. The Morgan fingerprint density at radius 3 is 1.36 bits per heavy atom. The lowest BCUT2D eigenvalue weighted by molar-refractivity contribution is 0.535. The average Bonchev–Trinajstić information content (AvgIpc) is 2.73. The maximum absolute atomic E-state index is 13.5. The van der Waals surface area contributed by atoms with Gasteiger partial charge in [-0.25, -0.2) is 16.8 Å². The summed E-state index contributed by atoms with van der Waals surface area (Å²) in [5, 5.41) is 0. The summed E-state index contributed by atoms with van der Waals surface area (Å²) in [5.74, 6) is 0. The van der Waals surface area contributed by atoms with Gasteiger partial charge in [0, 0.05) is 0 Å². The highest BCUT2D eigenvalue weighted by atomic mass is 32.3. The molecule has 0 aliphatic heterocycles. The van der Waals surface area contributed by atoms with E-state index in [-0.39, 0.29) is 16.2 Å². The highest BCUT2D eigenvalue weighted by Crippen LogP contribution is 2.38. The molecule has 0 unspecified atom stereocenters. The Balaban J connectivity index is 2.13. The highest BCUT2D eigenvalue weighted by Gasteiger charge is 2.51. The van der Waals surface area contributed by atoms with E-state index in [0.29, 0.717) is 6.42 Å². The molecule has 3 aromatic carbocycles. The summed E-state index contributed by atoms with van der Waals surface area (Å²) < 4.78 is 52.1. The van der Waals surface area contributed by atoms with E-state index in [0.717, 1.165) is 5.56 Å². The second-order valence-electron chi connectivity index (χ2n) is 6.75. The zero-order valence-corrected chi connectivity index (χ0v) is 17.2. The second-order valence-corrected chi connectivity index (χ2v) is 11.8. The summed E-state index contributed by atoms with van der Waals surface area (Å²) in [6.45, 7) is 1.32. The van der Waals surface area contributed by atoms with Gasteiger partial charge < -0.3 is 0 Å². The van der Waals surface area contributed by atoms with Gasteiger partial charge in [-0.1, -0.05) is 66.7 Å². The number of rotatable bonds is 7. The Bertz CT molecular complexity index is 1050. The van der Waals surface area contributed by atoms with Crippen molar-refractivity contribution in [3.05, 3.63) is 96.6 Å². The Kier molecular flexibility index (Phi) is 5.72. The number of aryl methyl sites for hydroxylation is 1. The molecular weight excluding hydrogens is 392 g/mol. The van der Waals surface area contributed by atoms with Gasteiger partial charge in [0.1, 0.15) is 0 Å². The molecule has 0 N–H and O–H groups in total. The Hall–Kier alpha value is -2.44. The van der Waals surface area contributed by atoms with Crippen LogP contribution in [0.2, 0.25) is 0 Å². The predicted octanol–water partition coefficient (Wildman–Crippen LogP) is 4.28. The molecule has 28 heavy (non-hydrogen) atoms. The number of benzene rings is 3. The second kappa shape index (κ2) is 7.89. The summed E-state index contributed by atoms with van der Waals surface area (Å²) in [7, 11) is -8.33. The minimum Gasteiger partial charge on any atom is -0.222 e. The first-order valence-corrected chi connectivity index (χ1v) is 11.9. The van der Waals surface area contributed by atoms with Gasteiger partial charge in [-0.15, -0.1) is 0 Å². The molecule has 0 fully saturated rings. The third-order valence-electron chi connectivity index (χ3n) is 4.95. The van der Waals surface area contributed by atoms with Crippen LogP contribution >= 0.6 is 0 Å². The lowest BCUT2D eigenvalue weighted by Gasteiger charge is -2.29. The fourth-order valence-corrected chi connectivity index (χ4v) is 7.63. The van der Waals surface area contributed by atoms with Crippen LogP contribution in [0.15, 0.2) is 101 Å². The van der Waals surface area contributed by atoms with Crippen molar-refractivity contribution in [3.8, 4) is 0 Å². The zero-order valence-electron chi connectivity index (χ0n) is 15.5. The fourth-order valence-electron chi connectivity index (χ4n) is 3.13. The van der Waals surface area contributed by atoms with Crippen molar-refractivity contribution < 1.29 is 16.8 Å². The first kappa shape index (κ1) is 20.3. The maximum Gasteiger partial charge on any atom is 0.198 e. The summed E-state index contributed by atoms with van der Waals surface area (Å²) in [6, 6.07) is 24.9. The maximum atomic E-state index is 13.5. The summed E-state index contributed by atoms with van der Waals surface area (Å²) in [5.41, 5.74) is 0.889. The van der Waals surface area contributed by atoms with Crippen LogP contribution in [0.25, 0.3) is 0 Å². The monoisotopic (exact) mass is 414 g/mol. The summed E-state index contributed by atoms with van der Waals surface area (Å²) in [4.78, 5) is 0.00938. The Morgan fingerprint density at radius 1 is 0.607 bits per heavy atom. The van der Waals surface area contributed by atoms with Crippen molar-refractivity contribution in [2.24, 2.45) is 0 Å². The van der Waals surface area contributed by atoms with E-state index in [2.05, 4.69) is 0 Å². The highest BCUT2D eigenvalue weighted by molar-refractivity contribution is 8.10. The summed E-state index contributed by atoms with van der Waals surface area (Å²) >= 11 is 0. The molecule has 146 valence electrons. The van der Waals surface area contributed by atoms with Crippen LogP contribution in [-0.2, 0) is 26.1 Å². The normalized spacial score (nSPS) is 12.6. The number of hydrogen-bond donors (Lipinski definition) is 0. The van der Waals surface area contributed by atoms with E-state index in [4.69, 9.17) is 0 Å². The molecule has 0 aromatic heterocycles. The molecular formula is C22H22O4S2. The largest absolute Gasteiger partial charge is 0.222 e. The van der Waals surface area contributed by atoms with Crippen molar-refractivity contribution in [2.75, 3.05) is 0 Å². The molecule has 0 spiro atoms. The van der Waals surface area contributed by atoms with Gasteiger partial charge >= 0.3 is 0 Å². The van der Waals surface area contributed by atoms with Crippen LogP contribution < -0.4 is 0 Å². The molecule has 0 heterocycles. The molecule has 3 aromatic rings. The quantitative estimate of drug-likeness (QED) is 0.579. The van der Waals surface area contributed by atoms with Gasteiger partial charge in [0.15, 0.2) is 23.8 Å². The first-order chi connectivity index (χ1) is 13.3. The van der Waals surface area contributed by atoms with Crippen LogP contribution in [-0.4, -0.2) is 20.9 Å². The SMILES string of the molecule is CC(CCc1ccccc1)(S(=O)(=O)c1ccccc1)S(=O)(=O)c1ccccc1. The number of hydrogen-bond acceptors (Lipinski definition) is 4. The lowest BCUT2D eigenvalue weighted by atomic mass is 10.1. The fraction of sp³-hybridized carbons (Fsp3) is 0.182. The molecule has 0 saturated carbocycles. The van der Waals surface area contributed by atoms with Crippen LogP contribution in [0, 0.1) is 0 Å². The first-order valence-electron chi connectivity index (χ1n) is 8.92. The molecule has 0 bridgehead atoms. The molecule has 0 saturated heterocycles. The van der Waals surface area contributed by atoms with E-state index < -0.39 is 23.8 Å². The molecule has 0 aliphatic rings. The van der Waals surface area contributed by atoms with E-state index >= 15 is 0 Å². The molecule has 3 rings (SSSR count). The molecule has 0 aliphatic carbocycles. The van der Waals surface area contributed by atoms with Crippen molar-refractivity contribution in [3.63, 3.8) is 0 Å². The van der Waals surface area contributed by atoms with Crippen LogP contribution in [0.3, 0.4) is 0 Å². The van der Waals surface area contributed by atoms with E-state index in [9.17, 15) is 16.8 Å². The Morgan fingerprint density at radius 2 is 0.964 bits per heavy atom. The van der Waals surface area contributed by atoms with Gasteiger partial charge in [0.05, 0.1) is 9.79 Å². The van der Waals surface area contributed by atoms with Gasteiger partial charge in [-0.3, -0.25) is 0 Å². The summed E-state index contributed by atoms with van der Waals surface area (Å²) in [6.07, 6.45) is 0.279. The van der Waals surface area contributed by atoms with Crippen molar-refractivity contribution in [1.82, 2.24) is 0 Å². The third-order valence-corrected chi connectivity index (χ3v) is 10.7. The van der Waals surface area contributed by atoms with E-state index in [1.165, 1.54) is 31.2 Å². The molecule has 4 nitrogen and oxygen atoms in total. The van der Waals surface area contributed by atoms with Crippen LogP contribution in [0.4, 0.5) is 0 Å². The van der Waals surface area contributed by atoms with Crippen molar-refractivity contribution in [2.45, 2.75) is 33.6 Å². The van der Waals surface area contributed by atoms with Crippen LogP contribution in [0.5, 0.6) is 0 Å². The van der Waals surface area contributed by atoms with Gasteiger partial charge in [0.25, 0.3) is 0 Å². The Labute approximate surface area is 166 Å². The lowest BCUT2D eigenvalue weighted by Crippen LogP contribution is -2.44. The standard InChI is InChI=1S/C22H22O4S2/c1-22(18-17-19-11-5-2-6-12-19,27(23,24)20-13-7-3-8-14-20)28(25,26)21-15-9-4-10-16-21/h2-16H,17-18H2,1H3. The topological polar surface area (TPSA) is 68.3 Å². The number of sulfone groups is 2. The van der Waals surface area contributed by atoms with Crippen LogP contribution in [0.1, 0.15) is 18.9 Å². The molecule has 0 amide bonds. The minimum absolute atomic E-state index is 0.00469. The van der Waals surface area contributed by atoms with Gasteiger partial charge in [-0.05, 0) is 49.6 Å². The van der Waals surface area contributed by atoms with Gasteiger partial charge in [-0.2, -0.15) is 0 Å². The smallest absolute Gasteiger partial charge is 0.198 e. The molecule has 6 heteroatoms. The van der Waals surface area contributed by atoms with Crippen molar-refractivity contribution in [1.29, 1.82) is 0 Å². The zero-order chi connectivity index (χ0) is 20.3. The predicted molar refractivity (Wildman–Crippen MR) is 110 cm³/mol. The average molecular weight is 415 g/mol. The third kappa shape index (κ3) is 3.62. The van der Waals surface area contributed by atoms with Gasteiger partial charge in [0.2, 0.25) is 0 Å². The van der Waals surface area contributed by atoms with Crippen molar-refractivity contribution >= 4 is 19.7 Å². The molecule has 0 atom stereocenters.